The third-order valence-corrected chi connectivity index (χ3v) is 22.6. The first-order valence-corrected chi connectivity index (χ1v) is 39.5. The number of ether oxygens (including phenoxy) is 3. The van der Waals surface area contributed by atoms with Crippen LogP contribution in [0.25, 0.3) is 0 Å². The van der Waals surface area contributed by atoms with E-state index >= 15 is 0 Å². The molecule has 3 heterocycles. The highest BCUT2D eigenvalue weighted by Crippen LogP contribution is 2.29. The summed E-state index contributed by atoms with van der Waals surface area (Å²) < 4.78 is 19.1. The molecule has 7 rings (SSSR count). The van der Waals surface area contributed by atoms with Gasteiger partial charge in [0.2, 0.25) is 0 Å². The lowest BCUT2D eigenvalue weighted by Crippen LogP contribution is -2.37. The Balaban J connectivity index is 0.942. The number of hydrogen-bond acceptors (Lipinski definition) is 15. The lowest BCUT2D eigenvalue weighted by molar-refractivity contribution is -0.134. The van der Waals surface area contributed by atoms with Gasteiger partial charge < -0.3 is 28.9 Å². The zero-order valence-electron chi connectivity index (χ0n) is 52.2. The molecule has 0 radical (unpaired) electrons. The third-order valence-electron chi connectivity index (χ3n) is 15.6. The van der Waals surface area contributed by atoms with Gasteiger partial charge in [-0.1, -0.05) is 91.0 Å². The van der Waals surface area contributed by atoms with Gasteiger partial charge >= 0.3 is 0 Å². The molecule has 4 aromatic carbocycles. The third kappa shape index (κ3) is 31.0. The van der Waals surface area contributed by atoms with E-state index in [1.807, 2.05) is 85.3 Å². The number of nitrogens with zero attached hydrogens (tertiary/aromatic N) is 6. The summed E-state index contributed by atoms with van der Waals surface area (Å²) in [4.78, 5) is 56.1. The van der Waals surface area contributed by atoms with Crippen molar-refractivity contribution in [3.63, 3.8) is 0 Å². The van der Waals surface area contributed by atoms with Gasteiger partial charge in [-0.3, -0.25) is 29.1 Å². The summed E-state index contributed by atoms with van der Waals surface area (Å²) in [6.45, 7) is 13.3. The van der Waals surface area contributed by atoms with Crippen LogP contribution in [0, 0.1) is 0 Å². The first-order valence-electron chi connectivity index (χ1n) is 32.6. The Morgan fingerprint density at radius 2 is 0.483 bits per heavy atom. The maximum absolute atomic E-state index is 14.1. The van der Waals surface area contributed by atoms with E-state index in [0.717, 1.165) is 205 Å². The van der Waals surface area contributed by atoms with Crippen LogP contribution in [0.3, 0.4) is 0 Å². The van der Waals surface area contributed by atoms with Crippen LogP contribution in [0.1, 0.15) is 93.7 Å². The van der Waals surface area contributed by atoms with E-state index in [4.69, 9.17) is 14.2 Å². The van der Waals surface area contributed by atoms with Crippen molar-refractivity contribution in [3.8, 4) is 17.2 Å². The monoisotopic (exact) mass is 1300 g/mol. The normalized spacial score (nSPS) is 19.4. The van der Waals surface area contributed by atoms with Crippen molar-refractivity contribution in [3.05, 3.63) is 126 Å². The lowest BCUT2D eigenvalue weighted by Gasteiger charge is -2.25. The smallest absolute Gasteiger partial charge is 0.260 e. The van der Waals surface area contributed by atoms with E-state index < -0.39 is 0 Å². The van der Waals surface area contributed by atoms with Crippen molar-refractivity contribution in [1.29, 1.82) is 0 Å². The lowest BCUT2D eigenvalue weighted by atomic mass is 10.2. The molecule has 0 aromatic heterocycles. The Morgan fingerprint density at radius 1 is 0.287 bits per heavy atom. The molecule has 0 saturated carbocycles. The predicted molar refractivity (Wildman–Crippen MR) is 377 cm³/mol. The Hall–Kier alpha value is -3.33. The summed E-state index contributed by atoms with van der Waals surface area (Å²) >= 11 is 11.9. The number of carbonyl (C=O) groups is 3. The maximum atomic E-state index is 14.1. The number of thioether (sulfide) groups is 6. The SMILES string of the molecule is O=C(COc1cc(OCC(=O)N2CCCSCCCN(Cc3ccccc3)CCCSCCC2)cc(OCC(=O)N2CCCSCCCN(Cc3ccccc3)CCCSCCC2)c1)N1CCCSCCCN(Cc2ccccc2)CCCSCCC1. The second-order valence-electron chi connectivity index (χ2n) is 22.9. The molecule has 87 heavy (non-hydrogen) atoms. The number of hydrogen-bond donors (Lipinski definition) is 0. The number of benzene rings is 4. The Kier molecular flexibility index (Phi) is 36.8. The van der Waals surface area contributed by atoms with Crippen molar-refractivity contribution in [2.24, 2.45) is 0 Å². The number of carbonyl (C=O) groups excluding carboxylic acids is 3. The average molecular weight is 1300 g/mol. The fraction of sp³-hybridized carbons (Fsp3) is 0.609. The minimum atomic E-state index is -0.135. The van der Waals surface area contributed by atoms with E-state index in [2.05, 4.69) is 106 Å². The minimum Gasteiger partial charge on any atom is -0.483 e. The van der Waals surface area contributed by atoms with Gasteiger partial charge in [-0.25, -0.2) is 0 Å². The van der Waals surface area contributed by atoms with Crippen molar-refractivity contribution < 1.29 is 28.6 Å². The summed E-state index contributed by atoms with van der Waals surface area (Å²) in [6.07, 6.45) is 12.4. The molecule has 3 amide bonds. The predicted octanol–water partition coefficient (Wildman–Crippen LogP) is 12.9. The average Bonchev–Trinajstić information content (AvgIpc) is 3.67. The molecule has 3 aliphatic rings. The zero-order valence-corrected chi connectivity index (χ0v) is 57.1. The quantitative estimate of drug-likeness (QED) is 0.113. The second kappa shape index (κ2) is 45.0. The van der Waals surface area contributed by atoms with E-state index in [-0.39, 0.29) is 37.5 Å². The molecule has 0 bridgehead atoms. The Bertz CT molecular complexity index is 2130. The topological polar surface area (TPSA) is 98.3 Å². The number of rotatable bonds is 15. The minimum absolute atomic E-state index is 0.0508. The molecule has 480 valence electrons. The van der Waals surface area contributed by atoms with Crippen molar-refractivity contribution in [2.45, 2.75) is 96.7 Å². The van der Waals surface area contributed by atoms with Gasteiger partial charge in [-0.15, -0.1) is 0 Å². The largest absolute Gasteiger partial charge is 0.483 e. The van der Waals surface area contributed by atoms with Gasteiger partial charge in [0.05, 0.1) is 0 Å². The molecular weight excluding hydrogens is 1200 g/mol. The molecule has 0 aliphatic carbocycles. The highest BCUT2D eigenvalue weighted by atomic mass is 32.2. The van der Waals surface area contributed by atoms with Gasteiger partial charge in [0, 0.05) is 77.1 Å². The molecule has 3 saturated heterocycles. The van der Waals surface area contributed by atoms with E-state index in [1.165, 1.54) is 16.7 Å². The fourth-order valence-electron chi connectivity index (χ4n) is 11.0. The van der Waals surface area contributed by atoms with Crippen LogP contribution in [0.2, 0.25) is 0 Å². The zero-order chi connectivity index (χ0) is 60.5. The highest BCUT2D eigenvalue weighted by Gasteiger charge is 2.21. The van der Waals surface area contributed by atoms with Crippen LogP contribution in [-0.2, 0) is 34.0 Å². The molecule has 12 nitrogen and oxygen atoms in total. The highest BCUT2D eigenvalue weighted by molar-refractivity contribution is 8.00. The van der Waals surface area contributed by atoms with E-state index in [9.17, 15) is 14.4 Å². The van der Waals surface area contributed by atoms with Gasteiger partial charge in [0.15, 0.2) is 19.8 Å². The van der Waals surface area contributed by atoms with Crippen molar-refractivity contribution in [2.75, 3.05) is 167 Å². The summed E-state index contributed by atoms with van der Waals surface area (Å²) in [5.74, 6) is 13.7. The first kappa shape index (κ1) is 71.1. The fourth-order valence-corrected chi connectivity index (χ4v) is 16.2. The van der Waals surface area contributed by atoms with Gasteiger partial charge in [0.25, 0.3) is 17.7 Å². The summed E-state index contributed by atoms with van der Waals surface area (Å²) in [6, 6.07) is 37.8. The van der Waals surface area contributed by atoms with E-state index in [1.54, 1.807) is 18.2 Å². The second-order valence-corrected chi connectivity index (χ2v) is 30.2. The van der Waals surface area contributed by atoms with Gasteiger partial charge in [-0.2, -0.15) is 70.6 Å². The van der Waals surface area contributed by atoms with Gasteiger partial charge in [0.1, 0.15) is 17.2 Å². The maximum Gasteiger partial charge on any atom is 0.260 e. The summed E-state index contributed by atoms with van der Waals surface area (Å²) in [5, 5.41) is 0. The van der Waals surface area contributed by atoms with Crippen molar-refractivity contribution in [1.82, 2.24) is 29.4 Å². The van der Waals surface area contributed by atoms with Crippen LogP contribution >= 0.6 is 70.6 Å². The molecule has 18 heteroatoms. The molecule has 3 aliphatic heterocycles. The molecule has 0 spiro atoms. The standard InChI is InChI=1S/C69H102N6O6S6/c76-67(73-34-16-46-82-40-10-28-70(29-11-41-83-47-17-35-73)55-61-22-4-1-5-23-61)58-79-64-52-65(80-59-68(77)74-36-18-48-84-42-12-30-71(31-13-43-85-49-19-37-74)56-62-24-6-2-7-25-62)54-66(53-64)81-60-69(78)75-38-20-50-86-44-14-32-72(33-15-45-87-51-21-39-75)57-63-26-8-3-9-27-63/h1-9,22-27,52-54H,10-21,28-51,55-60H2. The summed E-state index contributed by atoms with van der Waals surface area (Å²) in [5.41, 5.74) is 4.14. The molecule has 0 N–H and O–H groups in total. The molecule has 0 atom stereocenters. The van der Waals surface area contributed by atoms with Crippen LogP contribution in [0.5, 0.6) is 17.2 Å². The van der Waals surface area contributed by atoms with Crippen LogP contribution in [0.15, 0.2) is 109 Å². The number of amides is 3. The first-order chi connectivity index (χ1) is 42.9. The van der Waals surface area contributed by atoms with Gasteiger partial charge in [-0.05, 0) is 202 Å². The molecular formula is C69H102N6O6S6. The van der Waals surface area contributed by atoms with Crippen LogP contribution in [-0.4, -0.2) is 215 Å². The summed E-state index contributed by atoms with van der Waals surface area (Å²) in [7, 11) is 0. The van der Waals surface area contributed by atoms with E-state index in [0.29, 0.717) is 56.5 Å². The molecule has 0 unspecified atom stereocenters. The Labute approximate surface area is 549 Å². The molecule has 3 fully saturated rings. The van der Waals surface area contributed by atoms with Crippen LogP contribution < -0.4 is 14.2 Å². The van der Waals surface area contributed by atoms with Crippen LogP contribution in [0.4, 0.5) is 0 Å². The van der Waals surface area contributed by atoms with Crippen molar-refractivity contribution >= 4 is 88.3 Å². The Morgan fingerprint density at radius 3 is 0.690 bits per heavy atom. The molecule has 4 aromatic rings.